The summed E-state index contributed by atoms with van der Waals surface area (Å²) in [4.78, 5) is 11.8. The quantitative estimate of drug-likeness (QED) is 0.458. The Morgan fingerprint density at radius 2 is 1.75 bits per heavy atom. The molecule has 0 heterocycles. The molecule has 4 fully saturated rings. The minimum Gasteiger partial charge on any atom is -0.455 e. The SMILES string of the molecule is C=C1[C@]23CC[C@]4(C)CCC[C@@H](C)[C@@]42CC[C@]3(C)C[C@]1(C)OC(C)=O. The van der Waals surface area contributed by atoms with Crippen LogP contribution in [0.1, 0.15) is 86.0 Å². The summed E-state index contributed by atoms with van der Waals surface area (Å²) >= 11 is 0. The number of hydrogen-bond acceptors (Lipinski definition) is 2. The highest BCUT2D eigenvalue weighted by Gasteiger charge is 2.81. The number of carbonyl (C=O) groups excluding carboxylic acids is 1. The van der Waals surface area contributed by atoms with Crippen LogP contribution in [0, 0.1) is 27.6 Å². The zero-order valence-corrected chi connectivity index (χ0v) is 16.3. The first-order chi connectivity index (χ1) is 11.1. The summed E-state index contributed by atoms with van der Waals surface area (Å²) in [6.07, 6.45) is 10.2. The summed E-state index contributed by atoms with van der Waals surface area (Å²) in [5.41, 5.74) is 1.98. The molecule has 0 aromatic heterocycles. The number of ether oxygens (including phenoxy) is 1. The molecule has 2 nitrogen and oxygen atoms in total. The normalized spacial score (nSPS) is 55.9. The second-order valence-corrected chi connectivity index (χ2v) is 10.3. The van der Waals surface area contributed by atoms with Crippen LogP contribution in [0.25, 0.3) is 0 Å². The highest BCUT2D eigenvalue weighted by Crippen LogP contribution is 2.87. The Hall–Kier alpha value is -0.790. The van der Waals surface area contributed by atoms with Gasteiger partial charge in [0.1, 0.15) is 5.60 Å². The average Bonchev–Trinajstić information content (AvgIpc) is 2.94. The van der Waals surface area contributed by atoms with E-state index in [1.54, 1.807) is 6.92 Å². The molecular formula is C22H34O2. The molecule has 0 saturated heterocycles. The summed E-state index contributed by atoms with van der Waals surface area (Å²) in [5, 5.41) is 0. The second kappa shape index (κ2) is 4.48. The Bertz CT molecular complexity index is 623. The fraction of sp³-hybridized carbons (Fsp3) is 0.864. The largest absolute Gasteiger partial charge is 0.455 e. The Morgan fingerprint density at radius 3 is 2.42 bits per heavy atom. The minimum absolute atomic E-state index is 0.162. The first kappa shape index (κ1) is 16.7. The highest BCUT2D eigenvalue weighted by atomic mass is 16.6. The average molecular weight is 331 g/mol. The molecule has 0 aromatic carbocycles. The van der Waals surface area contributed by atoms with Crippen LogP contribution in [0.15, 0.2) is 12.2 Å². The Kier molecular flexibility index (Phi) is 3.11. The zero-order valence-electron chi connectivity index (χ0n) is 16.3. The lowest BCUT2D eigenvalue weighted by molar-refractivity contribution is -0.152. The van der Waals surface area contributed by atoms with E-state index in [-0.39, 0.29) is 16.8 Å². The molecule has 0 N–H and O–H groups in total. The lowest BCUT2D eigenvalue weighted by atomic mass is 9.45. The van der Waals surface area contributed by atoms with Crippen molar-refractivity contribution in [2.45, 2.75) is 91.6 Å². The van der Waals surface area contributed by atoms with Gasteiger partial charge in [0.05, 0.1) is 0 Å². The van der Waals surface area contributed by atoms with Gasteiger partial charge in [-0.15, -0.1) is 0 Å². The number of rotatable bonds is 1. The Labute approximate surface area is 147 Å². The van der Waals surface area contributed by atoms with Gasteiger partial charge in [-0.25, -0.2) is 0 Å². The molecule has 0 amide bonds. The topological polar surface area (TPSA) is 26.3 Å². The molecule has 134 valence electrons. The fourth-order valence-electron chi connectivity index (χ4n) is 8.86. The lowest BCUT2D eigenvalue weighted by Gasteiger charge is -2.58. The predicted molar refractivity (Wildman–Crippen MR) is 96.5 cm³/mol. The Morgan fingerprint density at radius 1 is 1.08 bits per heavy atom. The summed E-state index contributed by atoms with van der Waals surface area (Å²) in [6, 6.07) is 0. The fourth-order valence-corrected chi connectivity index (χ4v) is 8.86. The van der Waals surface area contributed by atoms with Crippen LogP contribution in [0.2, 0.25) is 0 Å². The summed E-state index contributed by atoms with van der Waals surface area (Å²) in [5.74, 6) is 0.585. The van der Waals surface area contributed by atoms with Crippen LogP contribution in [-0.4, -0.2) is 11.6 Å². The maximum Gasteiger partial charge on any atom is 0.303 e. The van der Waals surface area contributed by atoms with Gasteiger partial charge in [0.15, 0.2) is 0 Å². The van der Waals surface area contributed by atoms with Crippen molar-refractivity contribution >= 4 is 5.97 Å². The first-order valence-corrected chi connectivity index (χ1v) is 9.97. The summed E-state index contributed by atoms with van der Waals surface area (Å²) in [7, 11) is 0. The molecule has 2 spiro atoms. The highest BCUT2D eigenvalue weighted by molar-refractivity contribution is 5.67. The van der Waals surface area contributed by atoms with Crippen molar-refractivity contribution < 1.29 is 9.53 Å². The number of esters is 1. The first-order valence-electron chi connectivity index (χ1n) is 9.97. The van der Waals surface area contributed by atoms with E-state index in [0.29, 0.717) is 10.8 Å². The van der Waals surface area contributed by atoms with Crippen molar-refractivity contribution in [3.63, 3.8) is 0 Å². The lowest BCUT2D eigenvalue weighted by Crippen LogP contribution is -2.53. The molecule has 4 aliphatic carbocycles. The smallest absolute Gasteiger partial charge is 0.303 e. The molecule has 6 atom stereocenters. The van der Waals surface area contributed by atoms with Gasteiger partial charge in [0, 0.05) is 12.3 Å². The van der Waals surface area contributed by atoms with E-state index in [1.807, 2.05) is 0 Å². The molecule has 0 unspecified atom stereocenters. The van der Waals surface area contributed by atoms with Crippen molar-refractivity contribution in [2.75, 3.05) is 0 Å². The van der Waals surface area contributed by atoms with Gasteiger partial charge in [0.2, 0.25) is 0 Å². The second-order valence-electron chi connectivity index (χ2n) is 10.3. The zero-order chi connectivity index (χ0) is 17.6. The Balaban J connectivity index is 1.90. The monoisotopic (exact) mass is 330 g/mol. The van der Waals surface area contributed by atoms with Crippen molar-refractivity contribution in [1.29, 1.82) is 0 Å². The van der Waals surface area contributed by atoms with Crippen LogP contribution in [0.4, 0.5) is 0 Å². The minimum atomic E-state index is -0.476. The summed E-state index contributed by atoms with van der Waals surface area (Å²) in [6.45, 7) is 15.9. The number of carbonyl (C=O) groups is 1. The van der Waals surface area contributed by atoms with Gasteiger partial charge >= 0.3 is 5.97 Å². The van der Waals surface area contributed by atoms with Crippen molar-refractivity contribution in [2.24, 2.45) is 27.6 Å². The van der Waals surface area contributed by atoms with Gasteiger partial charge in [0.25, 0.3) is 0 Å². The molecule has 0 aliphatic heterocycles. The van der Waals surface area contributed by atoms with E-state index < -0.39 is 5.60 Å². The molecule has 4 aliphatic rings. The van der Waals surface area contributed by atoms with Crippen molar-refractivity contribution in [1.82, 2.24) is 0 Å². The third-order valence-corrected chi connectivity index (χ3v) is 9.45. The van der Waals surface area contributed by atoms with Crippen LogP contribution in [0.3, 0.4) is 0 Å². The van der Waals surface area contributed by atoms with Gasteiger partial charge in [-0.2, -0.15) is 0 Å². The molecule has 0 aromatic rings. The third kappa shape index (κ3) is 1.49. The van der Waals surface area contributed by atoms with Crippen molar-refractivity contribution in [3.8, 4) is 0 Å². The maximum absolute atomic E-state index is 11.8. The van der Waals surface area contributed by atoms with E-state index in [9.17, 15) is 4.79 Å². The van der Waals surface area contributed by atoms with Gasteiger partial charge in [-0.1, -0.05) is 40.2 Å². The van der Waals surface area contributed by atoms with Gasteiger partial charge in [-0.05, 0) is 73.2 Å². The molecule has 0 bridgehead atoms. The molecule has 0 radical (unpaired) electrons. The molecular weight excluding hydrogens is 296 g/mol. The molecule has 24 heavy (non-hydrogen) atoms. The van der Waals surface area contributed by atoms with Crippen LogP contribution < -0.4 is 0 Å². The van der Waals surface area contributed by atoms with E-state index >= 15 is 0 Å². The molecule has 2 heteroatoms. The molecule has 4 rings (SSSR count). The van der Waals surface area contributed by atoms with Crippen LogP contribution in [0.5, 0.6) is 0 Å². The van der Waals surface area contributed by atoms with Crippen LogP contribution in [-0.2, 0) is 9.53 Å². The van der Waals surface area contributed by atoms with Gasteiger partial charge < -0.3 is 4.74 Å². The third-order valence-electron chi connectivity index (χ3n) is 9.45. The van der Waals surface area contributed by atoms with E-state index in [1.165, 1.54) is 50.5 Å². The van der Waals surface area contributed by atoms with Gasteiger partial charge in [-0.3, -0.25) is 4.79 Å². The van der Waals surface area contributed by atoms with E-state index in [0.717, 1.165) is 12.3 Å². The number of hydrogen-bond donors (Lipinski definition) is 0. The predicted octanol–water partition coefficient (Wildman–Crippen LogP) is 5.66. The van der Waals surface area contributed by atoms with Crippen LogP contribution >= 0.6 is 0 Å². The van der Waals surface area contributed by atoms with E-state index in [4.69, 9.17) is 4.74 Å². The maximum atomic E-state index is 11.8. The van der Waals surface area contributed by atoms with E-state index in [2.05, 4.69) is 34.3 Å². The van der Waals surface area contributed by atoms with Crippen molar-refractivity contribution in [3.05, 3.63) is 12.2 Å². The standard InChI is InChI=1S/C22H34O2/c1-15-8-7-9-18(4)10-13-22-16(2)20(6,24-17(3)23)14-19(22,5)11-12-21(15,18)22/h15H,2,7-14H2,1,3-6H3/t15-,18+,19-,20+,21+,22+/m1/s1. The summed E-state index contributed by atoms with van der Waals surface area (Å²) < 4.78 is 5.92. The molecule has 4 saturated carbocycles.